The molecule has 0 aliphatic carbocycles. The van der Waals surface area contributed by atoms with Crippen LogP contribution in [0, 0.1) is 0 Å². The third kappa shape index (κ3) is 5.56. The number of halogens is 3. The first-order valence-corrected chi connectivity index (χ1v) is 12.3. The van der Waals surface area contributed by atoms with Gasteiger partial charge < -0.3 is 5.32 Å². The van der Waals surface area contributed by atoms with Gasteiger partial charge in [-0.05, 0) is 43.2 Å². The van der Waals surface area contributed by atoms with Crippen molar-refractivity contribution >= 4 is 27.0 Å². The average molecular weight is 492 g/mol. The molecule has 0 atom stereocenters. The van der Waals surface area contributed by atoms with E-state index < -0.39 is 34.2 Å². The van der Waals surface area contributed by atoms with E-state index in [1.54, 1.807) is 50.3 Å². The third-order valence-corrected chi connectivity index (χ3v) is 6.31. The van der Waals surface area contributed by atoms with Crippen LogP contribution in [0.15, 0.2) is 65.6 Å². The zero-order valence-corrected chi connectivity index (χ0v) is 19.7. The van der Waals surface area contributed by atoms with E-state index in [4.69, 9.17) is 0 Å². The zero-order valence-electron chi connectivity index (χ0n) is 18.8. The summed E-state index contributed by atoms with van der Waals surface area (Å²) >= 11 is 0. The molecule has 0 saturated carbocycles. The van der Waals surface area contributed by atoms with E-state index in [1.807, 2.05) is 0 Å². The van der Waals surface area contributed by atoms with Crippen molar-refractivity contribution in [3.63, 3.8) is 0 Å². The predicted octanol–water partition coefficient (Wildman–Crippen LogP) is 5.42. The quantitative estimate of drug-likeness (QED) is 0.478. The van der Waals surface area contributed by atoms with E-state index in [2.05, 4.69) is 10.4 Å². The van der Waals surface area contributed by atoms with Gasteiger partial charge in [0, 0.05) is 23.1 Å². The number of rotatable bonds is 7. The Morgan fingerprint density at radius 1 is 1.09 bits per heavy atom. The number of carbonyl (C=O) groups excluding carboxylic acids is 1. The zero-order chi connectivity index (χ0) is 25.1. The maximum atomic E-state index is 14.3. The number of nitrogens with one attached hydrogen (secondary N) is 1. The van der Waals surface area contributed by atoms with Crippen LogP contribution in [-0.4, -0.2) is 30.4 Å². The molecule has 0 aliphatic rings. The fraction of sp³-hybridized carbons (Fsp3) is 0.250. The van der Waals surface area contributed by atoms with E-state index in [0.29, 0.717) is 27.9 Å². The van der Waals surface area contributed by atoms with Gasteiger partial charge in [-0.1, -0.05) is 43.3 Å². The molecular weight excluding hydrogens is 467 g/mol. The fourth-order valence-corrected chi connectivity index (χ4v) is 4.24. The summed E-state index contributed by atoms with van der Waals surface area (Å²) in [6.45, 7) is 2.71. The van der Waals surface area contributed by atoms with E-state index in [0.717, 1.165) is 6.26 Å². The van der Waals surface area contributed by atoms with Crippen molar-refractivity contribution in [2.45, 2.75) is 37.9 Å². The van der Waals surface area contributed by atoms with E-state index in [1.165, 1.54) is 24.3 Å². The second-order valence-corrected chi connectivity index (χ2v) is 9.62. The summed E-state index contributed by atoms with van der Waals surface area (Å²) in [6.07, 6.45) is -1.86. The number of benzene rings is 2. The van der Waals surface area contributed by atoms with Gasteiger partial charge in [-0.3, -0.25) is 4.79 Å². The molecular formula is C24H24F3N3O3S. The number of aromatic nitrogens is 2. The molecule has 0 radical (unpaired) electrons. The van der Waals surface area contributed by atoms with Gasteiger partial charge in [-0.2, -0.15) is 18.3 Å². The smallest absolute Gasteiger partial charge is 0.324 e. The highest BCUT2D eigenvalue weighted by Crippen LogP contribution is 2.41. The monoisotopic (exact) mass is 491 g/mol. The van der Waals surface area contributed by atoms with Crippen molar-refractivity contribution in [2.24, 2.45) is 0 Å². The fourth-order valence-electron chi connectivity index (χ4n) is 3.61. The third-order valence-electron chi connectivity index (χ3n) is 5.18. The van der Waals surface area contributed by atoms with Crippen LogP contribution in [0.1, 0.15) is 31.5 Å². The van der Waals surface area contributed by atoms with Crippen molar-refractivity contribution in [2.75, 3.05) is 11.6 Å². The lowest BCUT2D eigenvalue weighted by atomic mass is 9.96. The van der Waals surface area contributed by atoms with E-state index >= 15 is 0 Å². The summed E-state index contributed by atoms with van der Waals surface area (Å²) in [6, 6.07) is 13.9. The van der Waals surface area contributed by atoms with Crippen molar-refractivity contribution in [1.82, 2.24) is 9.78 Å². The first kappa shape index (κ1) is 25.2. The van der Waals surface area contributed by atoms with Crippen molar-refractivity contribution in [1.29, 1.82) is 0 Å². The van der Waals surface area contributed by atoms with Gasteiger partial charge in [0.15, 0.2) is 15.5 Å². The minimum absolute atomic E-state index is 0.0230. The van der Waals surface area contributed by atoms with Crippen molar-refractivity contribution in [3.8, 4) is 11.3 Å². The first-order valence-electron chi connectivity index (χ1n) is 10.4. The Bertz CT molecular complexity index is 1310. The summed E-state index contributed by atoms with van der Waals surface area (Å²) in [7, 11) is -3.48. The van der Waals surface area contributed by atoms with Gasteiger partial charge in [0.25, 0.3) is 0 Å². The molecule has 3 aromatic rings. The second-order valence-electron chi connectivity index (χ2n) is 7.61. The van der Waals surface area contributed by atoms with Crippen molar-refractivity contribution in [3.05, 3.63) is 71.9 Å². The number of anilines is 1. The molecule has 1 N–H and O–H groups in total. The van der Waals surface area contributed by atoms with Gasteiger partial charge >= 0.3 is 6.18 Å². The summed E-state index contributed by atoms with van der Waals surface area (Å²) in [5, 5.41) is 6.75. The molecule has 0 bridgehead atoms. The molecule has 1 amide bonds. The molecule has 0 spiro atoms. The summed E-state index contributed by atoms with van der Waals surface area (Å²) in [5.74, 6) is -0.664. The summed E-state index contributed by atoms with van der Waals surface area (Å²) in [5.41, 5.74) is 0.0275. The average Bonchev–Trinajstić information content (AvgIpc) is 3.14. The molecule has 3 rings (SSSR count). The number of amides is 1. The molecule has 0 saturated heterocycles. The molecule has 0 unspecified atom stereocenters. The van der Waals surface area contributed by atoms with Crippen molar-refractivity contribution < 1.29 is 26.4 Å². The minimum atomic E-state index is -4.79. The molecule has 6 nitrogen and oxygen atoms in total. The van der Waals surface area contributed by atoms with Crippen LogP contribution >= 0.6 is 0 Å². The van der Waals surface area contributed by atoms with Crippen LogP contribution in [0.4, 0.5) is 18.9 Å². The maximum Gasteiger partial charge on any atom is 0.433 e. The molecule has 1 heterocycles. The van der Waals surface area contributed by atoms with Gasteiger partial charge in [0.2, 0.25) is 5.91 Å². The number of hydrogen-bond donors (Lipinski definition) is 1. The number of sulfone groups is 1. The number of hydrogen-bond acceptors (Lipinski definition) is 4. The molecule has 34 heavy (non-hydrogen) atoms. The molecule has 0 fully saturated rings. The Balaban J connectivity index is 2.15. The Labute approximate surface area is 196 Å². The van der Waals surface area contributed by atoms with Crippen LogP contribution in [0.5, 0.6) is 0 Å². The Morgan fingerprint density at radius 3 is 2.21 bits per heavy atom. The lowest BCUT2D eigenvalue weighted by Crippen LogP contribution is -2.24. The maximum absolute atomic E-state index is 14.3. The SMILES string of the molecule is C/C=C(\CC)c1c(-c2ccc(S(C)(=O)=O)cc2)nn(CC(=O)Nc2ccccc2)c1C(F)(F)F. The standard InChI is InChI=1S/C24H24F3N3O3S/c1-4-16(5-2)21-22(17-11-13-19(14-12-17)34(3,32)33)29-30(23(21)24(25,26)27)15-20(31)28-18-9-7-6-8-10-18/h4,6-14H,5,15H2,1-3H3,(H,28,31)/b16-4+. The van der Waals surface area contributed by atoms with Crippen LogP contribution in [0.2, 0.25) is 0 Å². The minimum Gasteiger partial charge on any atom is -0.324 e. The second kappa shape index (κ2) is 9.84. The highest BCUT2D eigenvalue weighted by atomic mass is 32.2. The number of nitrogens with zero attached hydrogens (tertiary/aromatic N) is 2. The van der Waals surface area contributed by atoms with E-state index in [-0.39, 0.29) is 16.2 Å². The first-order chi connectivity index (χ1) is 16.0. The number of carbonyl (C=O) groups is 1. The number of alkyl halides is 3. The molecule has 1 aromatic heterocycles. The van der Waals surface area contributed by atoms with Gasteiger partial charge in [-0.25, -0.2) is 13.1 Å². The molecule has 180 valence electrons. The van der Waals surface area contributed by atoms with Crippen LogP contribution in [0.25, 0.3) is 16.8 Å². The molecule has 2 aromatic carbocycles. The van der Waals surface area contributed by atoms with Crippen LogP contribution in [0.3, 0.4) is 0 Å². The lowest BCUT2D eigenvalue weighted by molar-refractivity contribution is -0.144. The highest BCUT2D eigenvalue weighted by Gasteiger charge is 2.41. The predicted molar refractivity (Wildman–Crippen MR) is 125 cm³/mol. The van der Waals surface area contributed by atoms with Gasteiger partial charge in [0.1, 0.15) is 12.2 Å². The Morgan fingerprint density at radius 2 is 1.71 bits per heavy atom. The topological polar surface area (TPSA) is 81.1 Å². The largest absolute Gasteiger partial charge is 0.433 e. The lowest BCUT2D eigenvalue weighted by Gasteiger charge is -2.14. The molecule has 0 aliphatic heterocycles. The number of para-hydroxylation sites is 1. The summed E-state index contributed by atoms with van der Waals surface area (Å²) in [4.78, 5) is 12.6. The normalized spacial score (nSPS) is 12.6. The van der Waals surface area contributed by atoms with Gasteiger partial charge in [-0.15, -0.1) is 0 Å². The number of allylic oxidation sites excluding steroid dienone is 2. The molecule has 10 heteroatoms. The van der Waals surface area contributed by atoms with Gasteiger partial charge in [0.05, 0.1) is 4.90 Å². The van der Waals surface area contributed by atoms with Crippen LogP contribution in [-0.2, 0) is 27.4 Å². The highest BCUT2D eigenvalue weighted by molar-refractivity contribution is 7.90. The van der Waals surface area contributed by atoms with Crippen LogP contribution < -0.4 is 5.32 Å². The Hall–Kier alpha value is -3.40. The Kier molecular flexibility index (Phi) is 7.30. The summed E-state index contributed by atoms with van der Waals surface area (Å²) < 4.78 is 67.0. The van der Waals surface area contributed by atoms with E-state index in [9.17, 15) is 26.4 Å².